The predicted octanol–water partition coefficient (Wildman–Crippen LogP) is 2.83. The van der Waals surface area contributed by atoms with E-state index in [1.165, 1.54) is 24.3 Å². The lowest BCUT2D eigenvalue weighted by molar-refractivity contribution is -0.384. The van der Waals surface area contributed by atoms with E-state index in [4.69, 9.17) is 4.74 Å². The summed E-state index contributed by atoms with van der Waals surface area (Å²) < 4.78 is 6.21. The highest BCUT2D eigenvalue weighted by Gasteiger charge is 2.28. The monoisotopic (exact) mass is 488 g/mol. The van der Waals surface area contributed by atoms with Crippen LogP contribution in [-0.4, -0.2) is 26.6 Å². The van der Waals surface area contributed by atoms with Gasteiger partial charge in [-0.25, -0.2) is 4.68 Å². The van der Waals surface area contributed by atoms with Gasteiger partial charge in [0, 0.05) is 11.6 Å². The Morgan fingerprint density at radius 2 is 1.69 bits per heavy atom. The third kappa shape index (κ3) is 5.04. The van der Waals surface area contributed by atoms with Crippen LogP contribution in [0.2, 0.25) is 0 Å². The zero-order valence-corrected chi connectivity index (χ0v) is 19.0. The van der Waals surface area contributed by atoms with Crippen molar-refractivity contribution in [2.24, 2.45) is 0 Å². The summed E-state index contributed by atoms with van der Waals surface area (Å²) in [5, 5.41) is 16.5. The summed E-state index contributed by atoms with van der Waals surface area (Å²) in [6.07, 6.45) is -1.48. The molecule has 3 aromatic carbocycles. The van der Waals surface area contributed by atoms with Crippen LogP contribution in [0.3, 0.4) is 0 Å². The number of ether oxygens (including phenoxy) is 1. The molecule has 36 heavy (non-hydrogen) atoms. The highest BCUT2D eigenvalue weighted by Crippen LogP contribution is 2.27. The number of H-pyrrole nitrogens is 1. The molecule has 0 bridgehead atoms. The van der Waals surface area contributed by atoms with Crippen molar-refractivity contribution in [3.8, 4) is 0 Å². The van der Waals surface area contributed by atoms with Gasteiger partial charge in [0.05, 0.1) is 15.7 Å². The summed E-state index contributed by atoms with van der Waals surface area (Å²) in [6, 6.07) is 18.5. The largest absolute Gasteiger partial charge is 0.446 e. The first kappa shape index (κ1) is 24.1. The molecule has 11 nitrogen and oxygen atoms in total. The number of amides is 1. The highest BCUT2D eigenvalue weighted by molar-refractivity contribution is 5.97. The Labute approximate surface area is 203 Å². The molecule has 2 N–H and O–H groups in total. The van der Waals surface area contributed by atoms with E-state index in [0.29, 0.717) is 11.1 Å². The van der Waals surface area contributed by atoms with Gasteiger partial charge in [-0.15, -0.1) is 0 Å². The molecule has 0 aliphatic carbocycles. The van der Waals surface area contributed by atoms with Crippen LogP contribution >= 0.6 is 0 Å². The molecular weight excluding hydrogens is 468 g/mol. The van der Waals surface area contributed by atoms with Crippen molar-refractivity contribution >= 4 is 34.0 Å². The number of carbonyl (C=O) groups excluding carboxylic acids is 2. The molecule has 0 spiro atoms. The molecule has 1 aromatic heterocycles. The zero-order chi connectivity index (χ0) is 25.8. The van der Waals surface area contributed by atoms with Crippen molar-refractivity contribution in [3.63, 3.8) is 0 Å². The number of benzene rings is 3. The van der Waals surface area contributed by atoms with Crippen LogP contribution in [-0.2, 0) is 20.9 Å². The van der Waals surface area contributed by atoms with E-state index < -0.39 is 40.6 Å². The van der Waals surface area contributed by atoms with Crippen LogP contribution < -0.4 is 16.4 Å². The number of fused-ring (bicyclic) bond motifs is 1. The van der Waals surface area contributed by atoms with Crippen molar-refractivity contribution in [1.29, 1.82) is 0 Å². The van der Waals surface area contributed by atoms with Crippen LogP contribution in [0.4, 0.5) is 11.4 Å². The second-order valence-corrected chi connectivity index (χ2v) is 7.93. The molecule has 1 atom stereocenters. The molecule has 182 valence electrons. The molecule has 1 heterocycles. The molecule has 0 aliphatic heterocycles. The molecule has 0 saturated heterocycles. The first-order valence-corrected chi connectivity index (χ1v) is 10.8. The number of rotatable bonds is 7. The van der Waals surface area contributed by atoms with E-state index in [0.717, 1.165) is 4.68 Å². The van der Waals surface area contributed by atoms with Crippen molar-refractivity contribution in [2.45, 2.75) is 19.6 Å². The van der Waals surface area contributed by atoms with Crippen LogP contribution in [0.1, 0.15) is 17.2 Å². The van der Waals surface area contributed by atoms with Crippen molar-refractivity contribution < 1.29 is 19.2 Å². The van der Waals surface area contributed by atoms with Gasteiger partial charge in [-0.05, 0) is 30.7 Å². The number of aryl methyl sites for hydroxylation is 1. The second-order valence-electron chi connectivity index (χ2n) is 7.93. The van der Waals surface area contributed by atoms with Gasteiger partial charge < -0.3 is 10.1 Å². The fourth-order valence-corrected chi connectivity index (χ4v) is 3.65. The zero-order valence-electron chi connectivity index (χ0n) is 19.0. The fourth-order valence-electron chi connectivity index (χ4n) is 3.65. The molecule has 0 radical (unpaired) electrons. The van der Waals surface area contributed by atoms with Crippen molar-refractivity contribution in [3.05, 3.63) is 115 Å². The molecule has 1 unspecified atom stereocenters. The van der Waals surface area contributed by atoms with Gasteiger partial charge in [0.25, 0.3) is 22.7 Å². The number of hydrogen-bond acceptors (Lipinski definition) is 7. The maximum absolute atomic E-state index is 13.1. The maximum Gasteiger partial charge on any atom is 0.328 e. The molecule has 0 aliphatic rings. The predicted molar refractivity (Wildman–Crippen MR) is 131 cm³/mol. The number of nitrogens with one attached hydrogen (secondary N) is 2. The van der Waals surface area contributed by atoms with E-state index in [-0.39, 0.29) is 22.1 Å². The Kier molecular flexibility index (Phi) is 6.72. The Bertz CT molecular complexity index is 1590. The summed E-state index contributed by atoms with van der Waals surface area (Å²) in [5.41, 5.74) is -0.636. The van der Waals surface area contributed by atoms with Gasteiger partial charge in [-0.3, -0.25) is 34.4 Å². The second kappa shape index (κ2) is 10.1. The molecule has 0 saturated carbocycles. The van der Waals surface area contributed by atoms with Crippen molar-refractivity contribution in [2.75, 3.05) is 5.32 Å². The van der Waals surface area contributed by atoms with Gasteiger partial charge in [0.15, 0.2) is 0 Å². The Hall–Kier alpha value is -5.06. The third-order valence-electron chi connectivity index (χ3n) is 5.37. The van der Waals surface area contributed by atoms with Gasteiger partial charge in [-0.1, -0.05) is 48.5 Å². The average Bonchev–Trinajstić information content (AvgIpc) is 2.87. The fraction of sp³-hybridized carbons (Fsp3) is 0.120. The minimum absolute atomic E-state index is 0.0670. The number of esters is 1. The maximum atomic E-state index is 13.1. The first-order chi connectivity index (χ1) is 17.2. The number of aromatic amines is 1. The lowest BCUT2D eigenvalue weighted by Gasteiger charge is -2.18. The summed E-state index contributed by atoms with van der Waals surface area (Å²) in [4.78, 5) is 61.7. The molecule has 1 amide bonds. The van der Waals surface area contributed by atoms with Crippen LogP contribution in [0.25, 0.3) is 10.8 Å². The number of nitro benzene ring substituents is 1. The smallest absolute Gasteiger partial charge is 0.328 e. The lowest BCUT2D eigenvalue weighted by Crippen LogP contribution is -2.34. The minimum Gasteiger partial charge on any atom is -0.446 e. The number of anilines is 1. The number of nitro groups is 1. The van der Waals surface area contributed by atoms with E-state index in [9.17, 15) is 29.3 Å². The highest BCUT2D eigenvalue weighted by atomic mass is 16.6. The quantitative estimate of drug-likeness (QED) is 0.230. The standard InChI is InChI=1S/C25H20N4O7/c1-15-11-12-19(20(13-15)29(34)35)26-24(32)22(16-7-3-2-4-8-16)36-21(30)14-28-25(33)18-10-6-5-9-17(18)23(31)27-28/h2-13,22H,14H2,1H3,(H,26,32)(H,27,31). The number of nitrogens with zero attached hydrogens (tertiary/aromatic N) is 2. The Morgan fingerprint density at radius 3 is 2.39 bits per heavy atom. The van der Waals surface area contributed by atoms with Gasteiger partial charge in [0.1, 0.15) is 12.2 Å². The minimum atomic E-state index is -1.48. The van der Waals surface area contributed by atoms with E-state index in [1.807, 2.05) is 0 Å². The summed E-state index contributed by atoms with van der Waals surface area (Å²) in [5.74, 6) is -1.81. The summed E-state index contributed by atoms with van der Waals surface area (Å²) >= 11 is 0. The Balaban J connectivity index is 1.62. The number of carbonyl (C=O) groups is 2. The Morgan fingerprint density at radius 1 is 1.03 bits per heavy atom. The van der Waals surface area contributed by atoms with Gasteiger partial charge >= 0.3 is 5.97 Å². The van der Waals surface area contributed by atoms with Crippen LogP contribution in [0.5, 0.6) is 0 Å². The summed E-state index contributed by atoms with van der Waals surface area (Å²) in [7, 11) is 0. The first-order valence-electron chi connectivity index (χ1n) is 10.8. The normalized spacial score (nSPS) is 11.6. The van der Waals surface area contributed by atoms with E-state index in [2.05, 4.69) is 10.4 Å². The van der Waals surface area contributed by atoms with Gasteiger partial charge in [-0.2, -0.15) is 0 Å². The third-order valence-corrected chi connectivity index (χ3v) is 5.37. The molecular formula is C25H20N4O7. The lowest BCUT2D eigenvalue weighted by atomic mass is 10.1. The van der Waals surface area contributed by atoms with Gasteiger partial charge in [0.2, 0.25) is 6.10 Å². The van der Waals surface area contributed by atoms with Crippen LogP contribution in [0, 0.1) is 17.0 Å². The average molecular weight is 488 g/mol. The number of hydrogen-bond donors (Lipinski definition) is 2. The molecule has 4 aromatic rings. The van der Waals surface area contributed by atoms with Crippen molar-refractivity contribution in [1.82, 2.24) is 9.78 Å². The van der Waals surface area contributed by atoms with E-state index in [1.54, 1.807) is 55.5 Å². The molecule has 11 heteroatoms. The number of aromatic nitrogens is 2. The van der Waals surface area contributed by atoms with E-state index >= 15 is 0 Å². The topological polar surface area (TPSA) is 153 Å². The van der Waals surface area contributed by atoms with Crippen LogP contribution in [0.15, 0.2) is 82.4 Å². The molecule has 4 rings (SSSR count). The molecule has 0 fully saturated rings. The summed E-state index contributed by atoms with van der Waals surface area (Å²) in [6.45, 7) is 1.01. The SMILES string of the molecule is Cc1ccc(NC(=O)C(OC(=O)Cn2[nH]c(=O)c3ccccc3c2=O)c2ccccc2)c([N+](=O)[O-])c1.